The Kier molecular flexibility index (Phi) is 1.95. The summed E-state index contributed by atoms with van der Waals surface area (Å²) in [5.41, 5.74) is 0. The number of hydrogen-bond acceptors (Lipinski definition) is 3. The van der Waals surface area contributed by atoms with Crippen molar-refractivity contribution in [2.45, 2.75) is 6.42 Å². The molecular formula is C5H7N3O. The largest absolute Gasteiger partial charge is 0.297 e. The molecule has 4 nitrogen and oxygen atoms in total. The zero-order valence-corrected chi connectivity index (χ0v) is 4.87. The number of carbonyl (C=O) groups is 1. The first-order chi connectivity index (χ1) is 4.43. The van der Waals surface area contributed by atoms with Crippen LogP contribution in [0.5, 0.6) is 0 Å². The van der Waals surface area contributed by atoms with Gasteiger partial charge in [-0.1, -0.05) is 0 Å². The third kappa shape index (κ3) is 1.64. The highest BCUT2D eigenvalue weighted by molar-refractivity contribution is 5.94. The fraction of sp³-hybridized carbons (Fsp3) is 0.400. The molecule has 0 radical (unpaired) electrons. The monoisotopic (exact) mass is 125 g/mol. The number of aliphatic imine (C=N–C) groups is 2. The van der Waals surface area contributed by atoms with Crippen molar-refractivity contribution in [1.29, 1.82) is 0 Å². The molecule has 4 heteroatoms. The lowest BCUT2D eigenvalue weighted by Gasteiger charge is -2.00. The van der Waals surface area contributed by atoms with E-state index >= 15 is 0 Å². The highest BCUT2D eigenvalue weighted by Gasteiger charge is 1.95. The van der Waals surface area contributed by atoms with Gasteiger partial charge in [0.05, 0.1) is 0 Å². The maximum Gasteiger partial charge on any atom is 0.224 e. The van der Waals surface area contributed by atoms with E-state index in [0.717, 1.165) is 13.0 Å². The summed E-state index contributed by atoms with van der Waals surface area (Å²) in [6, 6.07) is 0. The van der Waals surface area contributed by atoms with Gasteiger partial charge in [-0.3, -0.25) is 15.1 Å². The van der Waals surface area contributed by atoms with Crippen LogP contribution in [0.3, 0.4) is 0 Å². The van der Waals surface area contributed by atoms with Crippen molar-refractivity contribution in [3.63, 3.8) is 0 Å². The average molecular weight is 125 g/mol. The molecule has 9 heavy (non-hydrogen) atoms. The lowest BCUT2D eigenvalue weighted by Crippen LogP contribution is -2.21. The van der Waals surface area contributed by atoms with E-state index in [1.165, 1.54) is 0 Å². The molecule has 1 N–H and O–H groups in total. The molecule has 1 aliphatic heterocycles. The van der Waals surface area contributed by atoms with Crippen LogP contribution in [0, 0.1) is 0 Å². The van der Waals surface area contributed by atoms with Gasteiger partial charge in [-0.15, -0.1) is 0 Å². The predicted octanol–water partition coefficient (Wildman–Crippen LogP) is -0.437. The van der Waals surface area contributed by atoms with Crippen LogP contribution in [0.1, 0.15) is 6.42 Å². The van der Waals surface area contributed by atoms with Crippen LogP contribution >= 0.6 is 0 Å². The molecule has 0 aromatic heterocycles. The first kappa shape index (κ1) is 5.94. The third-order valence-electron chi connectivity index (χ3n) is 0.921. The minimum atomic E-state index is 0.413. The summed E-state index contributed by atoms with van der Waals surface area (Å²) in [6.07, 6.45) is 3.17. The first-order valence-electron chi connectivity index (χ1n) is 2.70. The van der Waals surface area contributed by atoms with E-state index in [1.54, 1.807) is 6.21 Å². The number of carbonyl (C=O) groups excluding carboxylic acids is 1. The normalized spacial score (nSPS) is 16.7. The molecule has 0 fully saturated rings. The smallest absolute Gasteiger partial charge is 0.224 e. The number of nitrogens with zero attached hydrogens (tertiary/aromatic N) is 2. The second-order valence-corrected chi connectivity index (χ2v) is 1.57. The van der Waals surface area contributed by atoms with Crippen LogP contribution in [0.4, 0.5) is 0 Å². The maximum atomic E-state index is 9.81. The Morgan fingerprint density at radius 1 is 1.78 bits per heavy atom. The minimum Gasteiger partial charge on any atom is -0.297 e. The summed E-state index contributed by atoms with van der Waals surface area (Å²) < 4.78 is 0. The van der Waals surface area contributed by atoms with Gasteiger partial charge in [0.25, 0.3) is 0 Å². The molecule has 0 saturated carbocycles. The average Bonchev–Trinajstić information content (AvgIpc) is 1.91. The predicted molar refractivity (Wildman–Crippen MR) is 34.6 cm³/mol. The van der Waals surface area contributed by atoms with Crippen molar-refractivity contribution in [3.05, 3.63) is 0 Å². The molecule has 0 aromatic rings. The number of guanidine groups is 1. The van der Waals surface area contributed by atoms with Crippen molar-refractivity contribution in [2.24, 2.45) is 9.98 Å². The van der Waals surface area contributed by atoms with Gasteiger partial charge in [0.2, 0.25) is 12.4 Å². The number of amides is 1. The van der Waals surface area contributed by atoms with E-state index in [4.69, 9.17) is 0 Å². The van der Waals surface area contributed by atoms with Gasteiger partial charge in [0.1, 0.15) is 0 Å². The van der Waals surface area contributed by atoms with Crippen molar-refractivity contribution in [2.75, 3.05) is 6.54 Å². The fourth-order valence-electron chi connectivity index (χ4n) is 0.556. The lowest BCUT2D eigenvalue weighted by molar-refractivity contribution is -0.108. The van der Waals surface area contributed by atoms with Gasteiger partial charge in [0, 0.05) is 19.2 Å². The highest BCUT2D eigenvalue weighted by atomic mass is 16.1. The van der Waals surface area contributed by atoms with E-state index < -0.39 is 0 Å². The number of hydrogen-bond donors (Lipinski definition) is 1. The molecule has 0 bridgehead atoms. The molecule has 0 saturated heterocycles. The van der Waals surface area contributed by atoms with Crippen molar-refractivity contribution in [1.82, 2.24) is 5.32 Å². The van der Waals surface area contributed by atoms with Gasteiger partial charge < -0.3 is 0 Å². The summed E-state index contributed by atoms with van der Waals surface area (Å²) in [7, 11) is 0. The van der Waals surface area contributed by atoms with Crippen LogP contribution < -0.4 is 5.32 Å². The van der Waals surface area contributed by atoms with Crippen LogP contribution in [0.25, 0.3) is 0 Å². The van der Waals surface area contributed by atoms with E-state index in [-0.39, 0.29) is 0 Å². The Balaban J connectivity index is 2.47. The summed E-state index contributed by atoms with van der Waals surface area (Å²) in [5.74, 6) is 0.413. The van der Waals surface area contributed by atoms with Gasteiger partial charge in [0.15, 0.2) is 0 Å². The van der Waals surface area contributed by atoms with E-state index in [9.17, 15) is 4.79 Å². The molecule has 0 unspecified atom stereocenters. The molecule has 0 spiro atoms. The van der Waals surface area contributed by atoms with Crippen LogP contribution in [-0.2, 0) is 4.79 Å². The molecule has 1 amide bonds. The van der Waals surface area contributed by atoms with E-state index in [2.05, 4.69) is 15.3 Å². The summed E-state index contributed by atoms with van der Waals surface area (Å²) in [4.78, 5) is 17.5. The van der Waals surface area contributed by atoms with Gasteiger partial charge >= 0.3 is 0 Å². The Morgan fingerprint density at radius 3 is 3.22 bits per heavy atom. The highest BCUT2D eigenvalue weighted by Crippen LogP contribution is 1.87. The number of rotatable bonds is 1. The molecule has 0 atom stereocenters. The summed E-state index contributed by atoms with van der Waals surface area (Å²) in [6.45, 7) is 0.722. The molecule has 1 heterocycles. The second-order valence-electron chi connectivity index (χ2n) is 1.57. The Morgan fingerprint density at radius 2 is 2.67 bits per heavy atom. The molecule has 0 aliphatic carbocycles. The number of nitrogens with one attached hydrogen (secondary N) is 1. The summed E-state index contributed by atoms with van der Waals surface area (Å²) >= 11 is 0. The SMILES string of the molecule is O=CNC1=NCCC=N1. The van der Waals surface area contributed by atoms with E-state index in [1.807, 2.05) is 0 Å². The summed E-state index contributed by atoms with van der Waals surface area (Å²) in [5, 5.41) is 2.36. The topological polar surface area (TPSA) is 53.8 Å². The Labute approximate surface area is 52.7 Å². The fourth-order valence-corrected chi connectivity index (χ4v) is 0.556. The minimum absolute atomic E-state index is 0.413. The first-order valence-corrected chi connectivity index (χ1v) is 2.70. The standard InChI is InChI=1S/C5H7N3O/c9-4-8-5-6-2-1-3-7-5/h2,4H,1,3H2,(H,7,8,9). The van der Waals surface area contributed by atoms with Crippen LogP contribution in [-0.4, -0.2) is 25.1 Å². The van der Waals surface area contributed by atoms with Crippen molar-refractivity contribution >= 4 is 18.6 Å². The van der Waals surface area contributed by atoms with E-state index in [0.29, 0.717) is 12.4 Å². The van der Waals surface area contributed by atoms with Crippen LogP contribution in [0.2, 0.25) is 0 Å². The molecule has 1 aliphatic rings. The molecule has 0 aromatic carbocycles. The third-order valence-corrected chi connectivity index (χ3v) is 0.921. The van der Waals surface area contributed by atoms with Gasteiger partial charge in [-0.2, -0.15) is 0 Å². The van der Waals surface area contributed by atoms with Gasteiger partial charge in [-0.25, -0.2) is 4.99 Å². The lowest BCUT2D eigenvalue weighted by atomic mass is 10.4. The van der Waals surface area contributed by atoms with Crippen molar-refractivity contribution in [3.8, 4) is 0 Å². The van der Waals surface area contributed by atoms with Crippen molar-refractivity contribution < 1.29 is 4.79 Å². The van der Waals surface area contributed by atoms with Crippen LogP contribution in [0.15, 0.2) is 9.98 Å². The molecular weight excluding hydrogens is 118 g/mol. The molecule has 48 valence electrons. The van der Waals surface area contributed by atoms with Gasteiger partial charge in [-0.05, 0) is 0 Å². The second kappa shape index (κ2) is 2.96. The Hall–Kier alpha value is -1.19. The molecule has 1 rings (SSSR count). The Bertz CT molecular complexity index is 162. The quantitative estimate of drug-likeness (QED) is 0.475. The maximum absolute atomic E-state index is 9.81. The zero-order valence-electron chi connectivity index (χ0n) is 4.87. The zero-order chi connectivity index (χ0) is 6.53.